The summed E-state index contributed by atoms with van der Waals surface area (Å²) < 4.78 is 0. The molecule has 0 fully saturated rings. The van der Waals surface area contributed by atoms with Crippen molar-refractivity contribution in [2.75, 3.05) is 6.54 Å². The van der Waals surface area contributed by atoms with E-state index in [1.807, 2.05) is 31.6 Å². The SMILES string of the molecule is CCNCc1ccc(Sc2ncc(C)cn2)nc1. The van der Waals surface area contributed by atoms with Crippen LogP contribution in [0.25, 0.3) is 0 Å². The summed E-state index contributed by atoms with van der Waals surface area (Å²) in [6.45, 7) is 5.89. The number of aromatic nitrogens is 3. The Balaban J connectivity index is 1.99. The zero-order valence-corrected chi connectivity index (χ0v) is 11.4. The van der Waals surface area contributed by atoms with E-state index >= 15 is 0 Å². The lowest BCUT2D eigenvalue weighted by Crippen LogP contribution is -2.11. The number of aryl methyl sites for hydroxylation is 1. The highest BCUT2D eigenvalue weighted by Gasteiger charge is 2.01. The molecule has 0 radical (unpaired) electrons. The maximum Gasteiger partial charge on any atom is 0.193 e. The Bertz CT molecular complexity index is 481. The van der Waals surface area contributed by atoms with Gasteiger partial charge in [-0.05, 0) is 42.4 Å². The van der Waals surface area contributed by atoms with Crippen molar-refractivity contribution in [3.05, 3.63) is 41.9 Å². The molecule has 4 nitrogen and oxygen atoms in total. The van der Waals surface area contributed by atoms with E-state index in [-0.39, 0.29) is 0 Å². The third-order valence-corrected chi connectivity index (χ3v) is 3.17. The van der Waals surface area contributed by atoms with E-state index in [2.05, 4.69) is 33.3 Å². The van der Waals surface area contributed by atoms with Crippen LogP contribution in [0.3, 0.4) is 0 Å². The van der Waals surface area contributed by atoms with Crippen LogP contribution in [0.4, 0.5) is 0 Å². The maximum absolute atomic E-state index is 4.39. The molecule has 0 saturated carbocycles. The van der Waals surface area contributed by atoms with Crippen molar-refractivity contribution in [1.82, 2.24) is 20.3 Å². The van der Waals surface area contributed by atoms with Crippen molar-refractivity contribution in [3.8, 4) is 0 Å². The number of nitrogens with one attached hydrogen (secondary N) is 1. The smallest absolute Gasteiger partial charge is 0.193 e. The second-order valence-electron chi connectivity index (χ2n) is 3.93. The molecule has 0 aliphatic carbocycles. The fraction of sp³-hybridized carbons (Fsp3) is 0.308. The highest BCUT2D eigenvalue weighted by Crippen LogP contribution is 2.21. The molecule has 0 aliphatic rings. The number of hydrogen-bond donors (Lipinski definition) is 1. The third kappa shape index (κ3) is 3.78. The summed E-state index contributed by atoms with van der Waals surface area (Å²) in [4.78, 5) is 12.9. The van der Waals surface area contributed by atoms with E-state index in [1.165, 1.54) is 17.3 Å². The molecule has 2 aromatic heterocycles. The fourth-order valence-electron chi connectivity index (χ4n) is 1.37. The Morgan fingerprint density at radius 3 is 2.50 bits per heavy atom. The average molecular weight is 260 g/mol. The van der Waals surface area contributed by atoms with E-state index in [9.17, 15) is 0 Å². The van der Waals surface area contributed by atoms with Crippen molar-refractivity contribution in [2.24, 2.45) is 0 Å². The topological polar surface area (TPSA) is 50.7 Å². The molecule has 18 heavy (non-hydrogen) atoms. The second-order valence-corrected chi connectivity index (χ2v) is 4.92. The minimum atomic E-state index is 0.729. The Morgan fingerprint density at radius 2 is 1.89 bits per heavy atom. The van der Waals surface area contributed by atoms with Gasteiger partial charge in [0.05, 0.1) is 0 Å². The van der Waals surface area contributed by atoms with Crippen molar-refractivity contribution in [3.63, 3.8) is 0 Å². The van der Waals surface area contributed by atoms with Crippen molar-refractivity contribution in [1.29, 1.82) is 0 Å². The van der Waals surface area contributed by atoms with Crippen LogP contribution in [0.1, 0.15) is 18.1 Å². The molecule has 2 rings (SSSR count). The molecule has 0 bridgehead atoms. The van der Waals surface area contributed by atoms with Gasteiger partial charge in [0.25, 0.3) is 0 Å². The highest BCUT2D eigenvalue weighted by atomic mass is 32.2. The molecule has 0 unspecified atom stereocenters. The summed E-state index contributed by atoms with van der Waals surface area (Å²) in [5.41, 5.74) is 2.25. The zero-order valence-electron chi connectivity index (χ0n) is 10.6. The first-order valence-electron chi connectivity index (χ1n) is 5.90. The first-order chi connectivity index (χ1) is 8.78. The van der Waals surface area contributed by atoms with Crippen molar-refractivity contribution < 1.29 is 0 Å². The standard InChI is InChI=1S/C13H16N4S/c1-3-14-8-11-4-5-12(15-9-11)18-13-16-6-10(2)7-17-13/h4-7,9,14H,3,8H2,1-2H3. The Labute approximate surface area is 111 Å². The van der Waals surface area contributed by atoms with Crippen LogP contribution in [-0.2, 0) is 6.54 Å². The monoisotopic (exact) mass is 260 g/mol. The molecule has 0 atom stereocenters. The lowest BCUT2D eigenvalue weighted by molar-refractivity contribution is 0.723. The predicted molar refractivity (Wildman–Crippen MR) is 72.5 cm³/mol. The average Bonchev–Trinajstić information content (AvgIpc) is 2.41. The number of hydrogen-bond acceptors (Lipinski definition) is 5. The van der Waals surface area contributed by atoms with E-state index in [0.29, 0.717) is 0 Å². The highest BCUT2D eigenvalue weighted by molar-refractivity contribution is 7.99. The van der Waals surface area contributed by atoms with Crippen LogP contribution < -0.4 is 5.32 Å². The van der Waals surface area contributed by atoms with Gasteiger partial charge in [0.1, 0.15) is 5.03 Å². The number of rotatable bonds is 5. The normalized spacial score (nSPS) is 10.6. The Kier molecular flexibility index (Phi) is 4.66. The van der Waals surface area contributed by atoms with Gasteiger partial charge in [-0.1, -0.05) is 13.0 Å². The quantitative estimate of drug-likeness (QED) is 0.837. The van der Waals surface area contributed by atoms with Gasteiger partial charge in [-0.3, -0.25) is 0 Å². The lowest BCUT2D eigenvalue weighted by atomic mass is 10.3. The van der Waals surface area contributed by atoms with Gasteiger partial charge >= 0.3 is 0 Å². The minimum absolute atomic E-state index is 0.729. The van der Waals surface area contributed by atoms with Gasteiger partial charge in [0.15, 0.2) is 5.16 Å². The van der Waals surface area contributed by atoms with Crippen molar-refractivity contribution in [2.45, 2.75) is 30.6 Å². The molecule has 2 aromatic rings. The summed E-state index contributed by atoms with van der Waals surface area (Å²) in [5.74, 6) is 0. The van der Waals surface area contributed by atoms with Gasteiger partial charge in [-0.2, -0.15) is 0 Å². The molecule has 94 valence electrons. The Hall–Kier alpha value is -1.46. The minimum Gasteiger partial charge on any atom is -0.313 e. The molecule has 0 aromatic carbocycles. The third-order valence-electron chi connectivity index (χ3n) is 2.33. The Morgan fingerprint density at radius 1 is 1.11 bits per heavy atom. The van der Waals surface area contributed by atoms with Crippen molar-refractivity contribution >= 4 is 11.8 Å². The van der Waals surface area contributed by atoms with Crippen LogP contribution in [0.5, 0.6) is 0 Å². The maximum atomic E-state index is 4.39. The molecule has 0 amide bonds. The molecular formula is C13H16N4S. The van der Waals surface area contributed by atoms with Gasteiger partial charge in [0, 0.05) is 25.1 Å². The van der Waals surface area contributed by atoms with Crippen LogP contribution >= 0.6 is 11.8 Å². The number of pyridine rings is 1. The summed E-state index contributed by atoms with van der Waals surface area (Å²) in [6.07, 6.45) is 5.52. The van der Waals surface area contributed by atoms with Crippen LogP contribution in [-0.4, -0.2) is 21.5 Å². The van der Waals surface area contributed by atoms with E-state index < -0.39 is 0 Å². The van der Waals surface area contributed by atoms with E-state index in [0.717, 1.165) is 28.8 Å². The summed E-state index contributed by atoms with van der Waals surface area (Å²) >= 11 is 1.48. The van der Waals surface area contributed by atoms with Gasteiger partial charge in [0.2, 0.25) is 0 Å². The van der Waals surface area contributed by atoms with Crippen LogP contribution in [0.15, 0.2) is 40.9 Å². The van der Waals surface area contributed by atoms with Crippen LogP contribution in [0, 0.1) is 6.92 Å². The lowest BCUT2D eigenvalue weighted by Gasteiger charge is -2.03. The molecule has 0 saturated heterocycles. The molecule has 5 heteroatoms. The molecule has 2 heterocycles. The van der Waals surface area contributed by atoms with Gasteiger partial charge in [-0.25, -0.2) is 15.0 Å². The predicted octanol–water partition coefficient (Wildman–Crippen LogP) is 2.44. The van der Waals surface area contributed by atoms with E-state index in [4.69, 9.17) is 0 Å². The first kappa shape index (κ1) is 13.0. The summed E-state index contributed by atoms with van der Waals surface area (Å²) in [7, 11) is 0. The zero-order chi connectivity index (χ0) is 12.8. The van der Waals surface area contributed by atoms with Crippen LogP contribution in [0.2, 0.25) is 0 Å². The fourth-order valence-corrected chi connectivity index (χ4v) is 2.01. The molecule has 1 N–H and O–H groups in total. The molecule has 0 spiro atoms. The first-order valence-corrected chi connectivity index (χ1v) is 6.71. The summed E-state index contributed by atoms with van der Waals surface area (Å²) in [6, 6.07) is 4.08. The summed E-state index contributed by atoms with van der Waals surface area (Å²) in [5, 5.41) is 4.91. The molecular weight excluding hydrogens is 244 g/mol. The second kappa shape index (κ2) is 6.47. The number of nitrogens with zero attached hydrogens (tertiary/aromatic N) is 3. The van der Waals surface area contributed by atoms with Gasteiger partial charge in [-0.15, -0.1) is 0 Å². The van der Waals surface area contributed by atoms with E-state index in [1.54, 1.807) is 0 Å². The van der Waals surface area contributed by atoms with Gasteiger partial charge < -0.3 is 5.32 Å². The largest absolute Gasteiger partial charge is 0.313 e. The molecule has 0 aliphatic heterocycles.